The second-order valence-corrected chi connectivity index (χ2v) is 12.2. The molecule has 1 aliphatic heterocycles. The molecule has 2 aromatic carbocycles. The fraction of sp³-hybridized carbons (Fsp3) is 0.333. The zero-order valence-electron chi connectivity index (χ0n) is 25.5. The Morgan fingerprint density at radius 1 is 1.04 bits per heavy atom. The number of rotatable bonds is 7. The van der Waals surface area contributed by atoms with Crippen molar-refractivity contribution in [3.63, 3.8) is 0 Å². The number of benzene rings is 2. The van der Waals surface area contributed by atoms with Crippen LogP contribution in [0.3, 0.4) is 0 Å². The van der Waals surface area contributed by atoms with Crippen LogP contribution < -0.4 is 26.6 Å². The van der Waals surface area contributed by atoms with Crippen molar-refractivity contribution in [1.82, 2.24) is 19.4 Å². The van der Waals surface area contributed by atoms with E-state index < -0.39 is 23.3 Å². The minimum Gasteiger partial charge on any atom is -0.481 e. The maximum absolute atomic E-state index is 13.1. The van der Waals surface area contributed by atoms with E-state index in [1.807, 2.05) is 24.3 Å². The summed E-state index contributed by atoms with van der Waals surface area (Å²) in [5.41, 5.74) is 2.90. The Bertz CT molecular complexity index is 1950. The molecule has 0 unspecified atom stereocenters. The van der Waals surface area contributed by atoms with Crippen LogP contribution in [-0.2, 0) is 25.3 Å². The molecule has 0 radical (unpaired) electrons. The topological polar surface area (TPSA) is 137 Å². The third kappa shape index (κ3) is 5.85. The number of fused-ring (bicyclic) bond motifs is 1. The van der Waals surface area contributed by atoms with Crippen molar-refractivity contribution < 1.29 is 19.4 Å². The van der Waals surface area contributed by atoms with Crippen molar-refractivity contribution in [2.75, 3.05) is 25.6 Å². The molecule has 1 saturated heterocycles. The molecular formula is C33H33Cl2N5O6. The van der Waals surface area contributed by atoms with Gasteiger partial charge >= 0.3 is 5.69 Å². The van der Waals surface area contributed by atoms with Crippen LogP contribution in [0.4, 0.5) is 5.69 Å². The van der Waals surface area contributed by atoms with Crippen molar-refractivity contribution in [2.24, 2.45) is 14.1 Å². The summed E-state index contributed by atoms with van der Waals surface area (Å²) in [6, 6.07) is 12.4. The average molecular weight is 667 g/mol. The fourth-order valence-corrected chi connectivity index (χ4v) is 6.75. The molecule has 0 spiro atoms. The molecule has 0 bridgehead atoms. The summed E-state index contributed by atoms with van der Waals surface area (Å²) in [5.74, 6) is -0.293. The first-order valence-electron chi connectivity index (χ1n) is 14.8. The normalized spacial score (nSPS) is 18.0. The minimum absolute atomic E-state index is 0.209. The molecule has 2 aromatic heterocycles. The van der Waals surface area contributed by atoms with Crippen molar-refractivity contribution in [2.45, 2.75) is 37.5 Å². The van der Waals surface area contributed by atoms with E-state index in [0.717, 1.165) is 33.1 Å². The number of carbonyl (C=O) groups is 1. The van der Waals surface area contributed by atoms with Crippen LogP contribution in [0, 0.1) is 0 Å². The lowest BCUT2D eigenvalue weighted by Crippen LogP contribution is -2.40. The monoisotopic (exact) mass is 665 g/mol. The molecule has 1 aliphatic carbocycles. The van der Waals surface area contributed by atoms with Crippen LogP contribution >= 0.6 is 23.2 Å². The van der Waals surface area contributed by atoms with E-state index in [4.69, 9.17) is 37.7 Å². The summed E-state index contributed by atoms with van der Waals surface area (Å²) in [6.07, 6.45) is 2.73. The van der Waals surface area contributed by atoms with Gasteiger partial charge in [-0.3, -0.25) is 14.2 Å². The molecule has 240 valence electrons. The molecule has 2 atom stereocenters. The number of carbonyl (C=O) groups excluding carboxylic acids is 1. The zero-order chi connectivity index (χ0) is 32.7. The largest absolute Gasteiger partial charge is 0.481 e. The number of aliphatic hydroxyl groups is 1. The Labute approximate surface area is 274 Å². The number of nitrogens with zero attached hydrogens (tertiary/aromatic N) is 3. The number of ether oxygens (including phenoxy) is 2. The molecule has 1 fully saturated rings. The van der Waals surface area contributed by atoms with Gasteiger partial charge in [0.1, 0.15) is 5.56 Å². The van der Waals surface area contributed by atoms with Gasteiger partial charge in [0.25, 0.3) is 11.5 Å². The van der Waals surface area contributed by atoms with Crippen molar-refractivity contribution in [3.8, 4) is 28.3 Å². The van der Waals surface area contributed by atoms with E-state index in [9.17, 15) is 19.5 Å². The highest BCUT2D eigenvalue weighted by molar-refractivity contribution is 6.39. The lowest BCUT2D eigenvalue weighted by molar-refractivity contribution is 0.0632. The average Bonchev–Trinajstić information content (AvgIpc) is 3.37. The lowest BCUT2D eigenvalue weighted by Gasteiger charge is -2.29. The highest BCUT2D eigenvalue weighted by atomic mass is 35.5. The van der Waals surface area contributed by atoms with E-state index in [-0.39, 0.29) is 28.4 Å². The first kappa shape index (κ1) is 32.0. The van der Waals surface area contributed by atoms with E-state index in [1.165, 1.54) is 20.3 Å². The Morgan fingerprint density at radius 3 is 2.43 bits per heavy atom. The Hall–Kier alpha value is -4.00. The Kier molecular flexibility index (Phi) is 9.04. The minimum atomic E-state index is -0.723. The maximum Gasteiger partial charge on any atom is 0.330 e. The molecule has 11 nitrogen and oxygen atoms in total. The van der Waals surface area contributed by atoms with Gasteiger partial charge in [-0.2, -0.15) is 0 Å². The molecule has 4 aromatic rings. The highest BCUT2D eigenvalue weighted by Crippen LogP contribution is 2.44. The van der Waals surface area contributed by atoms with Gasteiger partial charge < -0.3 is 29.8 Å². The van der Waals surface area contributed by atoms with Crippen LogP contribution in [0.25, 0.3) is 22.4 Å². The number of pyridine rings is 1. The quantitative estimate of drug-likeness (QED) is 0.268. The van der Waals surface area contributed by atoms with Gasteiger partial charge in [0, 0.05) is 68.2 Å². The molecule has 2 aliphatic rings. The van der Waals surface area contributed by atoms with Gasteiger partial charge in [0.05, 0.1) is 40.7 Å². The van der Waals surface area contributed by atoms with Gasteiger partial charge in [-0.15, -0.1) is 0 Å². The second kappa shape index (κ2) is 13.0. The standard InChI is InChI=1S/C33H33Cl2N5O6/c1-39-16-22(32(43)40(2)33(39)44)30(42)37-23-9-5-7-20(28(23)35)19-6-4-8-21(27(19)34)24-14-17-15-25(41)29(26(17)31(38-24)45-3)36-18-10-12-46-13-11-18/h4-9,14,16,18,25,29,36,41H,10-13,15H2,1-3H3,(H,37,42)/t25-,29+/m1/s1. The van der Waals surface area contributed by atoms with Crippen LogP contribution in [0.1, 0.15) is 40.4 Å². The predicted molar refractivity (Wildman–Crippen MR) is 176 cm³/mol. The molecule has 3 N–H and O–H groups in total. The molecule has 3 heterocycles. The van der Waals surface area contributed by atoms with Crippen LogP contribution in [0.15, 0.2) is 58.3 Å². The number of nitrogens with one attached hydrogen (secondary N) is 2. The van der Waals surface area contributed by atoms with E-state index >= 15 is 0 Å². The molecule has 0 saturated carbocycles. The molecule has 1 amide bonds. The SMILES string of the molecule is COc1nc(-c2cccc(-c3cccc(NC(=O)c4cn(C)c(=O)n(C)c4=O)c3Cl)c2Cl)cc2c1[C@@H](NC1CCOCC1)[C@H](O)C2. The number of aromatic nitrogens is 3. The molecule has 6 rings (SSSR count). The van der Waals surface area contributed by atoms with Crippen LogP contribution in [0.5, 0.6) is 5.88 Å². The molecular weight excluding hydrogens is 633 g/mol. The van der Waals surface area contributed by atoms with Crippen LogP contribution in [0.2, 0.25) is 10.0 Å². The van der Waals surface area contributed by atoms with E-state index in [2.05, 4.69) is 10.6 Å². The smallest absolute Gasteiger partial charge is 0.330 e. The van der Waals surface area contributed by atoms with Gasteiger partial charge in [-0.1, -0.05) is 53.5 Å². The number of aliphatic hydroxyl groups excluding tert-OH is 1. The van der Waals surface area contributed by atoms with Crippen LogP contribution in [-0.4, -0.2) is 57.6 Å². The number of anilines is 1. The third-order valence-corrected chi connectivity index (χ3v) is 9.38. The summed E-state index contributed by atoms with van der Waals surface area (Å²) in [4.78, 5) is 42.6. The zero-order valence-corrected chi connectivity index (χ0v) is 27.0. The van der Waals surface area contributed by atoms with Gasteiger partial charge in [0.2, 0.25) is 5.88 Å². The number of hydrogen-bond donors (Lipinski definition) is 3. The van der Waals surface area contributed by atoms with Gasteiger partial charge in [0.15, 0.2) is 0 Å². The lowest BCUT2D eigenvalue weighted by atomic mass is 9.99. The summed E-state index contributed by atoms with van der Waals surface area (Å²) in [7, 11) is 4.32. The van der Waals surface area contributed by atoms with Crippen molar-refractivity contribution in [1.29, 1.82) is 0 Å². The first-order valence-corrected chi connectivity index (χ1v) is 15.6. The van der Waals surface area contributed by atoms with Crippen molar-refractivity contribution >= 4 is 34.8 Å². The summed E-state index contributed by atoms with van der Waals surface area (Å²) < 4.78 is 13.3. The molecule has 13 heteroatoms. The molecule has 46 heavy (non-hydrogen) atoms. The second-order valence-electron chi connectivity index (χ2n) is 11.5. The third-order valence-electron chi connectivity index (χ3n) is 8.57. The Balaban J connectivity index is 1.33. The highest BCUT2D eigenvalue weighted by Gasteiger charge is 2.37. The first-order chi connectivity index (χ1) is 22.1. The fourth-order valence-electron chi connectivity index (χ4n) is 6.15. The van der Waals surface area contributed by atoms with Gasteiger partial charge in [-0.05, 0) is 30.5 Å². The predicted octanol–water partition coefficient (Wildman–Crippen LogP) is 4.11. The summed E-state index contributed by atoms with van der Waals surface area (Å²) in [6.45, 7) is 1.37. The number of halogens is 2. The number of aryl methyl sites for hydroxylation is 1. The van der Waals surface area contributed by atoms with E-state index in [0.29, 0.717) is 52.9 Å². The van der Waals surface area contributed by atoms with Gasteiger partial charge in [-0.25, -0.2) is 9.78 Å². The maximum atomic E-state index is 13.1. The summed E-state index contributed by atoms with van der Waals surface area (Å²) in [5, 5.41) is 17.9. The van der Waals surface area contributed by atoms with E-state index in [1.54, 1.807) is 25.3 Å². The number of amides is 1. The number of hydrogen-bond acceptors (Lipinski definition) is 8. The Morgan fingerprint density at radius 2 is 1.72 bits per heavy atom. The summed E-state index contributed by atoms with van der Waals surface area (Å²) >= 11 is 13.8. The number of methoxy groups -OCH3 is 1. The van der Waals surface area contributed by atoms with Crippen molar-refractivity contribution in [3.05, 3.63) is 96.2 Å².